The molecule has 0 saturated heterocycles. The number of methoxy groups -OCH3 is 1. The van der Waals surface area contributed by atoms with Gasteiger partial charge in [0.25, 0.3) is 5.91 Å². The molecular formula is C23H30N4O3. The molecule has 2 aliphatic rings. The van der Waals surface area contributed by atoms with Crippen LogP contribution in [0.15, 0.2) is 60.4 Å². The predicted molar refractivity (Wildman–Crippen MR) is 116 cm³/mol. The Balaban J connectivity index is 1.74. The molecule has 1 aromatic carbocycles. The number of amides is 1. The largest absolute Gasteiger partial charge is 0.495 e. The summed E-state index contributed by atoms with van der Waals surface area (Å²) in [5.74, 6) is 0.350. The normalized spacial score (nSPS) is 17.2. The summed E-state index contributed by atoms with van der Waals surface area (Å²) in [6.07, 6.45) is 12.0. The Labute approximate surface area is 177 Å². The van der Waals surface area contributed by atoms with E-state index in [1.807, 2.05) is 11.8 Å². The molecule has 1 aromatic rings. The molecule has 7 nitrogen and oxygen atoms in total. The van der Waals surface area contributed by atoms with Crippen LogP contribution in [-0.2, 0) is 4.74 Å². The van der Waals surface area contributed by atoms with E-state index in [9.17, 15) is 9.59 Å². The van der Waals surface area contributed by atoms with Gasteiger partial charge < -0.3 is 20.8 Å². The number of nitrogens with one attached hydrogen (secondary N) is 1. The van der Waals surface area contributed by atoms with Crippen molar-refractivity contribution >= 4 is 11.7 Å². The van der Waals surface area contributed by atoms with Gasteiger partial charge in [-0.1, -0.05) is 31.4 Å². The quantitative estimate of drug-likeness (QED) is 0.530. The van der Waals surface area contributed by atoms with Gasteiger partial charge >= 0.3 is 0 Å². The van der Waals surface area contributed by atoms with Crippen LogP contribution in [0, 0.1) is 0 Å². The highest BCUT2D eigenvalue weighted by Crippen LogP contribution is 2.24. The van der Waals surface area contributed by atoms with Gasteiger partial charge in [-0.15, -0.1) is 0 Å². The molecule has 30 heavy (non-hydrogen) atoms. The van der Waals surface area contributed by atoms with Crippen LogP contribution in [0.5, 0.6) is 0 Å². The van der Waals surface area contributed by atoms with Crippen LogP contribution in [0.1, 0.15) is 59.7 Å². The third-order valence-corrected chi connectivity index (χ3v) is 5.61. The van der Waals surface area contributed by atoms with E-state index in [1.54, 1.807) is 49.9 Å². The van der Waals surface area contributed by atoms with Gasteiger partial charge in [0.15, 0.2) is 0 Å². The van der Waals surface area contributed by atoms with Gasteiger partial charge in [0.2, 0.25) is 5.78 Å². The van der Waals surface area contributed by atoms with Gasteiger partial charge in [-0.3, -0.25) is 14.6 Å². The van der Waals surface area contributed by atoms with Crippen molar-refractivity contribution in [1.29, 1.82) is 0 Å². The second-order valence-electron chi connectivity index (χ2n) is 7.41. The SMILES string of the molecule is CCN(C(=O)c1ccc(C(=O)C(=CN)N2C=C(OC)C=CN2)cc1)C1CCCCC1. The van der Waals surface area contributed by atoms with Gasteiger partial charge in [-0.2, -0.15) is 0 Å². The molecule has 7 heteroatoms. The number of carbonyl (C=O) groups is 2. The number of benzene rings is 1. The minimum Gasteiger partial charge on any atom is -0.495 e. The molecule has 1 amide bonds. The molecule has 0 atom stereocenters. The van der Waals surface area contributed by atoms with Crippen molar-refractivity contribution in [2.45, 2.75) is 45.1 Å². The Morgan fingerprint density at radius 2 is 1.87 bits per heavy atom. The summed E-state index contributed by atoms with van der Waals surface area (Å²) < 4.78 is 5.20. The van der Waals surface area contributed by atoms with Crippen LogP contribution >= 0.6 is 0 Å². The average Bonchev–Trinajstić information content (AvgIpc) is 2.81. The zero-order valence-corrected chi connectivity index (χ0v) is 17.6. The maximum atomic E-state index is 13.0. The van der Waals surface area contributed by atoms with E-state index >= 15 is 0 Å². The molecule has 160 valence electrons. The average molecular weight is 411 g/mol. The molecule has 0 radical (unpaired) electrons. The fourth-order valence-electron chi connectivity index (χ4n) is 3.97. The Kier molecular flexibility index (Phi) is 7.17. The van der Waals surface area contributed by atoms with Crippen LogP contribution < -0.4 is 11.2 Å². The number of carbonyl (C=O) groups excluding carboxylic acids is 2. The molecule has 1 heterocycles. The van der Waals surface area contributed by atoms with Crippen molar-refractivity contribution in [2.24, 2.45) is 5.73 Å². The highest BCUT2D eigenvalue weighted by Gasteiger charge is 2.25. The first-order valence-corrected chi connectivity index (χ1v) is 10.4. The van der Waals surface area contributed by atoms with Gasteiger partial charge in [0.1, 0.15) is 11.5 Å². The standard InChI is InChI=1S/C23H30N4O3/c1-3-26(19-7-5-4-6-8-19)23(29)18-11-9-17(10-12-18)22(28)21(15-24)27-16-20(30-2)13-14-25-27/h9-16,19,25H,3-8,24H2,1-2H3. The molecule has 0 aromatic heterocycles. The van der Waals surface area contributed by atoms with E-state index < -0.39 is 0 Å². The van der Waals surface area contributed by atoms with Crippen LogP contribution in [0.3, 0.4) is 0 Å². The fourth-order valence-corrected chi connectivity index (χ4v) is 3.97. The van der Waals surface area contributed by atoms with E-state index in [-0.39, 0.29) is 17.4 Å². The number of hydrogen-bond acceptors (Lipinski definition) is 6. The molecule has 0 spiro atoms. The first-order chi connectivity index (χ1) is 14.6. The summed E-state index contributed by atoms with van der Waals surface area (Å²) in [5, 5.41) is 1.50. The molecule has 0 unspecified atom stereocenters. The number of Topliss-reactive ketones (excluding diaryl/α,β-unsaturated/α-hetero) is 1. The maximum absolute atomic E-state index is 13.0. The number of rotatable bonds is 7. The lowest BCUT2D eigenvalue weighted by Crippen LogP contribution is -2.41. The second kappa shape index (κ2) is 10.0. The molecule has 1 fully saturated rings. The van der Waals surface area contributed by atoms with E-state index in [1.165, 1.54) is 30.5 Å². The number of ketones is 1. The van der Waals surface area contributed by atoms with E-state index in [0.29, 0.717) is 29.5 Å². The van der Waals surface area contributed by atoms with Gasteiger partial charge in [-0.25, -0.2) is 0 Å². The van der Waals surface area contributed by atoms with Crippen molar-refractivity contribution in [3.63, 3.8) is 0 Å². The number of nitrogens with two attached hydrogens (primary N) is 1. The fraction of sp³-hybridized carbons (Fsp3) is 0.391. The monoisotopic (exact) mass is 410 g/mol. The van der Waals surface area contributed by atoms with Crippen molar-refractivity contribution in [1.82, 2.24) is 15.3 Å². The summed E-state index contributed by atoms with van der Waals surface area (Å²) >= 11 is 0. The topological polar surface area (TPSA) is 87.9 Å². The molecule has 3 rings (SSSR count). The lowest BCUT2D eigenvalue weighted by Gasteiger charge is -2.33. The summed E-state index contributed by atoms with van der Waals surface area (Å²) in [4.78, 5) is 28.0. The van der Waals surface area contributed by atoms with Crippen molar-refractivity contribution in [3.05, 3.63) is 71.5 Å². The smallest absolute Gasteiger partial charge is 0.254 e. The third kappa shape index (κ3) is 4.67. The predicted octanol–water partition coefficient (Wildman–Crippen LogP) is 3.29. The minimum atomic E-state index is -0.259. The molecule has 0 bridgehead atoms. The van der Waals surface area contributed by atoms with Crippen LogP contribution in [0.25, 0.3) is 0 Å². The van der Waals surface area contributed by atoms with E-state index in [4.69, 9.17) is 10.5 Å². The van der Waals surface area contributed by atoms with Crippen molar-refractivity contribution in [2.75, 3.05) is 13.7 Å². The number of nitrogens with zero attached hydrogens (tertiary/aromatic N) is 2. The Morgan fingerprint density at radius 1 is 1.20 bits per heavy atom. The zero-order chi connectivity index (χ0) is 21.5. The maximum Gasteiger partial charge on any atom is 0.254 e. The molecule has 1 aliphatic carbocycles. The molecular weight excluding hydrogens is 380 g/mol. The summed E-state index contributed by atoms with van der Waals surface area (Å²) in [5.41, 5.74) is 9.97. The second-order valence-corrected chi connectivity index (χ2v) is 7.41. The number of allylic oxidation sites excluding steroid dienone is 2. The van der Waals surface area contributed by atoms with E-state index in [2.05, 4.69) is 5.43 Å². The molecule has 1 aliphatic heterocycles. The zero-order valence-electron chi connectivity index (χ0n) is 17.6. The number of hydrazine groups is 1. The third-order valence-electron chi connectivity index (χ3n) is 5.61. The Morgan fingerprint density at radius 3 is 2.47 bits per heavy atom. The Bertz CT molecular complexity index is 852. The number of hydrogen-bond donors (Lipinski definition) is 2. The number of ether oxygens (including phenoxy) is 1. The minimum absolute atomic E-state index is 0.0218. The summed E-state index contributed by atoms with van der Waals surface area (Å²) in [6.45, 7) is 2.71. The summed E-state index contributed by atoms with van der Waals surface area (Å²) in [6, 6.07) is 7.09. The molecule has 1 saturated carbocycles. The Hall–Kier alpha value is -3.22. The lowest BCUT2D eigenvalue weighted by atomic mass is 9.93. The van der Waals surface area contributed by atoms with Crippen LogP contribution in [-0.4, -0.2) is 41.3 Å². The van der Waals surface area contributed by atoms with Crippen molar-refractivity contribution < 1.29 is 14.3 Å². The molecule has 3 N–H and O–H groups in total. The first kappa shape index (κ1) is 21.5. The highest BCUT2D eigenvalue weighted by molar-refractivity contribution is 6.08. The van der Waals surface area contributed by atoms with Crippen LogP contribution in [0.2, 0.25) is 0 Å². The van der Waals surface area contributed by atoms with Crippen molar-refractivity contribution in [3.8, 4) is 0 Å². The van der Waals surface area contributed by atoms with Crippen LogP contribution in [0.4, 0.5) is 0 Å². The van der Waals surface area contributed by atoms with E-state index in [0.717, 1.165) is 12.8 Å². The van der Waals surface area contributed by atoms with Gasteiger partial charge in [-0.05, 0) is 38.0 Å². The summed E-state index contributed by atoms with van der Waals surface area (Å²) in [7, 11) is 1.55. The highest BCUT2D eigenvalue weighted by atomic mass is 16.5. The first-order valence-electron chi connectivity index (χ1n) is 10.4. The lowest BCUT2D eigenvalue weighted by molar-refractivity contribution is 0.0647. The van der Waals surface area contributed by atoms with Gasteiger partial charge in [0, 0.05) is 36.1 Å². The van der Waals surface area contributed by atoms with Gasteiger partial charge in [0.05, 0.1) is 13.3 Å².